The number of sulfonamides is 1. The lowest BCUT2D eigenvalue weighted by molar-refractivity contribution is -0.140. The van der Waals surface area contributed by atoms with Gasteiger partial charge in [0, 0.05) is 24.5 Å². The first kappa shape index (κ1) is 31.2. The summed E-state index contributed by atoms with van der Waals surface area (Å²) in [6.45, 7) is 5.92. The number of amides is 2. The van der Waals surface area contributed by atoms with Gasteiger partial charge in [0.25, 0.3) is 0 Å². The first-order valence-electron chi connectivity index (χ1n) is 13.4. The zero-order chi connectivity index (χ0) is 29.3. The number of hydrogen-bond donors (Lipinski definition) is 1. The minimum absolute atomic E-state index is 0.0434. The first-order valence-corrected chi connectivity index (χ1v) is 15.6. The van der Waals surface area contributed by atoms with E-state index in [9.17, 15) is 18.0 Å². The first-order chi connectivity index (χ1) is 19.0. The summed E-state index contributed by atoms with van der Waals surface area (Å²) in [5, 5.41) is 3.43. The minimum Gasteiger partial charge on any atom is -0.354 e. The van der Waals surface area contributed by atoms with Crippen LogP contribution >= 0.6 is 11.6 Å². The van der Waals surface area contributed by atoms with Gasteiger partial charge in [0.1, 0.15) is 12.6 Å². The van der Waals surface area contributed by atoms with Crippen LogP contribution in [-0.2, 0) is 32.6 Å². The van der Waals surface area contributed by atoms with Crippen molar-refractivity contribution in [3.63, 3.8) is 0 Å². The molecule has 0 fully saturated rings. The molecule has 40 heavy (non-hydrogen) atoms. The molecule has 2 amide bonds. The fourth-order valence-electron chi connectivity index (χ4n) is 4.36. The summed E-state index contributed by atoms with van der Waals surface area (Å²) in [6.07, 6.45) is 3.05. The van der Waals surface area contributed by atoms with Gasteiger partial charge in [-0.1, -0.05) is 79.5 Å². The van der Waals surface area contributed by atoms with Crippen LogP contribution in [-0.4, -0.2) is 50.5 Å². The topological polar surface area (TPSA) is 86.8 Å². The minimum atomic E-state index is -3.82. The monoisotopic (exact) mass is 583 g/mol. The molecule has 3 rings (SSSR count). The molecule has 214 valence electrons. The molecule has 0 saturated carbocycles. The van der Waals surface area contributed by atoms with E-state index in [1.54, 1.807) is 30.3 Å². The van der Waals surface area contributed by atoms with Gasteiger partial charge in [0.05, 0.1) is 11.9 Å². The molecule has 0 aliphatic rings. The van der Waals surface area contributed by atoms with Crippen LogP contribution in [0.5, 0.6) is 0 Å². The molecule has 9 heteroatoms. The molecule has 0 spiro atoms. The SMILES string of the molecule is CCCCNC(=O)[C@@H](Cc1ccccc1)N(Cc1ccccc1Cl)C(=O)CN(c1ccc(C)c(C)c1)S(C)(=O)=O. The Morgan fingerprint density at radius 3 is 2.25 bits per heavy atom. The maximum absolute atomic E-state index is 14.1. The maximum Gasteiger partial charge on any atom is 0.244 e. The number of halogens is 1. The van der Waals surface area contributed by atoms with E-state index in [4.69, 9.17) is 11.6 Å². The highest BCUT2D eigenvalue weighted by molar-refractivity contribution is 7.92. The number of carbonyl (C=O) groups is 2. The highest BCUT2D eigenvalue weighted by atomic mass is 35.5. The van der Waals surface area contributed by atoms with E-state index in [1.807, 2.05) is 63.2 Å². The van der Waals surface area contributed by atoms with Crippen LogP contribution in [0, 0.1) is 13.8 Å². The Morgan fingerprint density at radius 2 is 1.62 bits per heavy atom. The molecular formula is C31H38ClN3O4S. The predicted octanol–water partition coefficient (Wildman–Crippen LogP) is 5.28. The van der Waals surface area contributed by atoms with Gasteiger partial charge in [0.15, 0.2) is 0 Å². The van der Waals surface area contributed by atoms with Crippen LogP contribution in [0.1, 0.15) is 42.0 Å². The van der Waals surface area contributed by atoms with E-state index in [1.165, 1.54) is 4.90 Å². The zero-order valence-corrected chi connectivity index (χ0v) is 25.1. The Kier molecular flexibility index (Phi) is 11.2. The third kappa shape index (κ3) is 8.57. The van der Waals surface area contributed by atoms with E-state index < -0.39 is 28.5 Å². The van der Waals surface area contributed by atoms with Crippen LogP contribution in [0.15, 0.2) is 72.8 Å². The molecule has 0 saturated heterocycles. The normalized spacial score (nSPS) is 12.0. The summed E-state index contributed by atoms with van der Waals surface area (Å²) in [5.41, 5.74) is 3.85. The van der Waals surface area contributed by atoms with Crippen molar-refractivity contribution in [2.45, 2.75) is 52.6 Å². The van der Waals surface area contributed by atoms with Gasteiger partial charge in [-0.15, -0.1) is 0 Å². The highest BCUT2D eigenvalue weighted by Crippen LogP contribution is 2.24. The van der Waals surface area contributed by atoms with Crippen LogP contribution in [0.4, 0.5) is 5.69 Å². The van der Waals surface area contributed by atoms with E-state index in [2.05, 4.69) is 5.32 Å². The van der Waals surface area contributed by atoms with Gasteiger partial charge < -0.3 is 10.2 Å². The molecule has 0 aromatic heterocycles. The second kappa shape index (κ2) is 14.3. The lowest BCUT2D eigenvalue weighted by atomic mass is 10.0. The van der Waals surface area contributed by atoms with Crippen molar-refractivity contribution in [2.24, 2.45) is 0 Å². The van der Waals surface area contributed by atoms with E-state index in [0.29, 0.717) is 22.8 Å². The summed E-state index contributed by atoms with van der Waals surface area (Å²) in [4.78, 5) is 29.2. The molecule has 1 atom stereocenters. The number of carbonyl (C=O) groups excluding carboxylic acids is 2. The average molecular weight is 584 g/mol. The number of rotatable bonds is 13. The van der Waals surface area contributed by atoms with Crippen LogP contribution in [0.2, 0.25) is 5.02 Å². The number of aryl methyl sites for hydroxylation is 2. The smallest absolute Gasteiger partial charge is 0.244 e. The lowest BCUT2D eigenvalue weighted by Crippen LogP contribution is -2.53. The number of nitrogens with one attached hydrogen (secondary N) is 1. The fourth-order valence-corrected chi connectivity index (χ4v) is 5.40. The number of hydrogen-bond acceptors (Lipinski definition) is 4. The molecule has 0 radical (unpaired) electrons. The number of anilines is 1. The molecule has 1 N–H and O–H groups in total. The molecule has 0 aliphatic carbocycles. The third-order valence-electron chi connectivity index (χ3n) is 6.86. The third-order valence-corrected chi connectivity index (χ3v) is 8.37. The van der Waals surface area contributed by atoms with Crippen molar-refractivity contribution in [1.82, 2.24) is 10.2 Å². The number of unbranched alkanes of at least 4 members (excludes halogenated alkanes) is 1. The van der Waals surface area contributed by atoms with Crippen LogP contribution in [0.3, 0.4) is 0 Å². The Bertz CT molecular complexity index is 1410. The molecule has 0 heterocycles. The van der Waals surface area contributed by atoms with Gasteiger partial charge in [-0.2, -0.15) is 0 Å². The van der Waals surface area contributed by atoms with Crippen molar-refractivity contribution >= 4 is 39.1 Å². The summed E-state index contributed by atoms with van der Waals surface area (Å²) in [6, 6.07) is 21.0. The van der Waals surface area contributed by atoms with E-state index in [0.717, 1.165) is 40.1 Å². The molecule has 0 aliphatic heterocycles. The maximum atomic E-state index is 14.1. The molecular weight excluding hydrogens is 546 g/mol. The van der Waals surface area contributed by atoms with Crippen molar-refractivity contribution in [2.75, 3.05) is 23.7 Å². The molecule has 0 unspecified atom stereocenters. The van der Waals surface area contributed by atoms with Crippen LogP contribution < -0.4 is 9.62 Å². The van der Waals surface area contributed by atoms with Gasteiger partial charge >= 0.3 is 0 Å². The largest absolute Gasteiger partial charge is 0.354 e. The van der Waals surface area contributed by atoms with Crippen LogP contribution in [0.25, 0.3) is 0 Å². The second-order valence-electron chi connectivity index (χ2n) is 10.0. The highest BCUT2D eigenvalue weighted by Gasteiger charge is 2.33. The van der Waals surface area contributed by atoms with Crippen molar-refractivity contribution in [3.8, 4) is 0 Å². The summed E-state index contributed by atoms with van der Waals surface area (Å²) in [7, 11) is -3.82. The number of nitrogens with zero attached hydrogens (tertiary/aromatic N) is 2. The molecule has 7 nitrogen and oxygen atoms in total. The summed E-state index contributed by atoms with van der Waals surface area (Å²) in [5.74, 6) is -0.801. The Morgan fingerprint density at radius 1 is 0.950 bits per heavy atom. The zero-order valence-electron chi connectivity index (χ0n) is 23.6. The Balaban J connectivity index is 2.05. The molecule has 0 bridgehead atoms. The molecule has 3 aromatic carbocycles. The predicted molar refractivity (Wildman–Crippen MR) is 162 cm³/mol. The Labute approximate surface area is 243 Å². The van der Waals surface area contributed by atoms with Gasteiger partial charge in [-0.05, 0) is 60.7 Å². The quantitative estimate of drug-likeness (QED) is 0.277. The standard InChI is InChI=1S/C31H38ClN3O4S/c1-5-6-18-33-31(37)29(20-25-12-8-7-9-13-25)34(21-26-14-10-11-15-28(26)32)30(36)22-35(40(4,38)39)27-17-16-23(2)24(3)19-27/h7-17,19,29H,5-6,18,20-22H2,1-4H3,(H,33,37)/t29-/m1/s1. The van der Waals surface area contributed by atoms with Gasteiger partial charge in [-0.25, -0.2) is 8.42 Å². The van der Waals surface area contributed by atoms with Gasteiger partial charge in [-0.3, -0.25) is 13.9 Å². The van der Waals surface area contributed by atoms with E-state index in [-0.39, 0.29) is 18.9 Å². The Hall–Kier alpha value is -3.36. The second-order valence-corrected chi connectivity index (χ2v) is 12.3. The van der Waals surface area contributed by atoms with Gasteiger partial charge in [0.2, 0.25) is 21.8 Å². The molecule has 3 aromatic rings. The lowest BCUT2D eigenvalue weighted by Gasteiger charge is -2.33. The average Bonchev–Trinajstić information content (AvgIpc) is 2.91. The van der Waals surface area contributed by atoms with Crippen molar-refractivity contribution in [3.05, 3.63) is 100 Å². The van der Waals surface area contributed by atoms with E-state index >= 15 is 0 Å². The fraction of sp³-hybridized carbons (Fsp3) is 0.355. The number of benzene rings is 3. The summed E-state index contributed by atoms with van der Waals surface area (Å²) < 4.78 is 26.9. The summed E-state index contributed by atoms with van der Waals surface area (Å²) >= 11 is 6.48. The van der Waals surface area contributed by atoms with Crippen molar-refractivity contribution < 1.29 is 18.0 Å². The van der Waals surface area contributed by atoms with Crippen molar-refractivity contribution in [1.29, 1.82) is 0 Å².